The van der Waals surface area contributed by atoms with Gasteiger partial charge < -0.3 is 9.47 Å². The van der Waals surface area contributed by atoms with Gasteiger partial charge in [0.25, 0.3) is 0 Å². The van der Waals surface area contributed by atoms with Crippen molar-refractivity contribution in [1.82, 2.24) is 4.90 Å². The lowest BCUT2D eigenvalue weighted by Crippen LogP contribution is -2.28. The number of hydrogen-bond donors (Lipinski definition) is 0. The Balaban J connectivity index is 1.86. The number of thiophene rings is 1. The summed E-state index contributed by atoms with van der Waals surface area (Å²) in [5.74, 6) is 1.76. The molecule has 1 atom stereocenters. The summed E-state index contributed by atoms with van der Waals surface area (Å²) in [6.45, 7) is 4.31. The number of nitrogens with zero attached hydrogens (tertiary/aromatic N) is 1. The second-order valence-electron chi connectivity index (χ2n) is 6.48. The van der Waals surface area contributed by atoms with Gasteiger partial charge in [-0.25, -0.2) is 0 Å². The molecule has 4 heteroatoms. The van der Waals surface area contributed by atoms with Crippen LogP contribution in [0.5, 0.6) is 11.5 Å². The highest BCUT2D eigenvalue weighted by atomic mass is 32.1. The average Bonchev–Trinajstić information content (AvgIpc) is 2.89. The van der Waals surface area contributed by atoms with Crippen molar-refractivity contribution < 1.29 is 9.47 Å². The van der Waals surface area contributed by atoms with Crippen molar-refractivity contribution >= 4 is 11.3 Å². The van der Waals surface area contributed by atoms with Crippen LogP contribution in [0.3, 0.4) is 0 Å². The van der Waals surface area contributed by atoms with E-state index in [0.717, 1.165) is 24.6 Å². The SMILES string of the molecule is COc1ccc(CN2CCCCC[C@H]2c2sccc2C)c(OC)c1. The van der Waals surface area contributed by atoms with Crippen LogP contribution < -0.4 is 9.47 Å². The summed E-state index contributed by atoms with van der Waals surface area (Å²) >= 11 is 1.90. The molecule has 1 aromatic heterocycles. The minimum absolute atomic E-state index is 0.527. The van der Waals surface area contributed by atoms with Crippen LogP contribution in [0.15, 0.2) is 29.6 Å². The number of rotatable bonds is 5. The third kappa shape index (κ3) is 3.76. The Morgan fingerprint density at radius 3 is 2.71 bits per heavy atom. The Kier molecular flexibility index (Phi) is 5.80. The van der Waals surface area contributed by atoms with Gasteiger partial charge in [0.1, 0.15) is 11.5 Å². The molecular weight excluding hydrogens is 318 g/mol. The van der Waals surface area contributed by atoms with Crippen molar-refractivity contribution in [2.75, 3.05) is 20.8 Å². The fourth-order valence-electron chi connectivity index (χ4n) is 3.58. The molecule has 3 rings (SSSR count). The molecule has 1 aromatic carbocycles. The molecule has 2 heterocycles. The van der Waals surface area contributed by atoms with E-state index in [1.807, 2.05) is 23.5 Å². The summed E-state index contributed by atoms with van der Waals surface area (Å²) in [6.07, 6.45) is 5.18. The predicted molar refractivity (Wildman–Crippen MR) is 100 cm³/mol. The zero-order valence-corrected chi connectivity index (χ0v) is 15.7. The highest BCUT2D eigenvalue weighted by Gasteiger charge is 2.25. The molecule has 3 nitrogen and oxygen atoms in total. The van der Waals surface area contributed by atoms with E-state index in [1.165, 1.54) is 41.7 Å². The minimum atomic E-state index is 0.527. The van der Waals surface area contributed by atoms with Crippen LogP contribution in [0.1, 0.15) is 47.7 Å². The largest absolute Gasteiger partial charge is 0.497 e. The number of benzene rings is 1. The summed E-state index contributed by atoms with van der Waals surface area (Å²) in [5, 5.41) is 2.22. The van der Waals surface area contributed by atoms with E-state index < -0.39 is 0 Å². The summed E-state index contributed by atoms with van der Waals surface area (Å²) in [6, 6.07) is 8.93. The maximum atomic E-state index is 5.61. The first kappa shape index (κ1) is 17.3. The summed E-state index contributed by atoms with van der Waals surface area (Å²) in [4.78, 5) is 4.17. The molecule has 0 unspecified atom stereocenters. The maximum absolute atomic E-state index is 5.61. The monoisotopic (exact) mass is 345 g/mol. The first-order valence-electron chi connectivity index (χ1n) is 8.72. The number of methoxy groups -OCH3 is 2. The van der Waals surface area contributed by atoms with Gasteiger partial charge in [0.15, 0.2) is 0 Å². The van der Waals surface area contributed by atoms with Crippen molar-refractivity contribution in [3.8, 4) is 11.5 Å². The average molecular weight is 346 g/mol. The molecule has 0 radical (unpaired) electrons. The summed E-state index contributed by atoms with van der Waals surface area (Å²) in [7, 11) is 3.43. The Morgan fingerprint density at radius 2 is 2.00 bits per heavy atom. The number of likely N-dealkylation sites (tertiary alicyclic amines) is 1. The normalized spacial score (nSPS) is 19.0. The van der Waals surface area contributed by atoms with Gasteiger partial charge in [0.05, 0.1) is 14.2 Å². The molecule has 1 fully saturated rings. The molecule has 2 aromatic rings. The maximum Gasteiger partial charge on any atom is 0.127 e. The van der Waals surface area contributed by atoms with E-state index in [1.54, 1.807) is 14.2 Å². The van der Waals surface area contributed by atoms with Crippen LogP contribution in [0.25, 0.3) is 0 Å². The van der Waals surface area contributed by atoms with Crippen LogP contribution in [0, 0.1) is 6.92 Å². The highest BCUT2D eigenvalue weighted by molar-refractivity contribution is 7.10. The molecule has 1 aliphatic rings. The standard InChI is InChI=1S/C20H27NO2S/c1-15-10-12-24-20(15)18-7-5-4-6-11-21(18)14-16-8-9-17(22-2)13-19(16)23-3/h8-10,12-13,18H,4-7,11,14H2,1-3H3/t18-/m0/s1. The first-order chi connectivity index (χ1) is 11.7. The summed E-state index contributed by atoms with van der Waals surface area (Å²) in [5.41, 5.74) is 2.66. The molecular formula is C20H27NO2S. The molecule has 0 amide bonds. The van der Waals surface area contributed by atoms with Gasteiger partial charge in [-0.05, 0) is 49.4 Å². The van der Waals surface area contributed by atoms with Crippen LogP contribution in [-0.4, -0.2) is 25.7 Å². The quantitative estimate of drug-likeness (QED) is 0.744. The second kappa shape index (κ2) is 8.04. The number of hydrogen-bond acceptors (Lipinski definition) is 4. The molecule has 130 valence electrons. The van der Waals surface area contributed by atoms with Gasteiger partial charge >= 0.3 is 0 Å². The van der Waals surface area contributed by atoms with E-state index in [2.05, 4.69) is 29.3 Å². The highest BCUT2D eigenvalue weighted by Crippen LogP contribution is 2.37. The molecule has 1 aliphatic heterocycles. The lowest BCUT2D eigenvalue weighted by molar-refractivity contribution is 0.192. The number of aryl methyl sites for hydroxylation is 1. The zero-order valence-electron chi connectivity index (χ0n) is 14.9. The van der Waals surface area contributed by atoms with E-state index in [9.17, 15) is 0 Å². The Morgan fingerprint density at radius 1 is 1.12 bits per heavy atom. The van der Waals surface area contributed by atoms with Crippen LogP contribution >= 0.6 is 11.3 Å². The molecule has 0 N–H and O–H groups in total. The molecule has 0 spiro atoms. The van der Waals surface area contributed by atoms with E-state index in [0.29, 0.717) is 6.04 Å². The molecule has 0 bridgehead atoms. The Bertz CT molecular complexity index is 667. The number of ether oxygens (including phenoxy) is 2. The fraction of sp³-hybridized carbons (Fsp3) is 0.500. The van der Waals surface area contributed by atoms with Gasteiger partial charge in [-0.15, -0.1) is 11.3 Å². The molecule has 24 heavy (non-hydrogen) atoms. The van der Waals surface area contributed by atoms with Crippen molar-refractivity contribution in [1.29, 1.82) is 0 Å². The Hall–Kier alpha value is -1.52. The van der Waals surface area contributed by atoms with Gasteiger partial charge in [0, 0.05) is 29.1 Å². The van der Waals surface area contributed by atoms with Crippen molar-refractivity contribution in [2.24, 2.45) is 0 Å². The lowest BCUT2D eigenvalue weighted by atomic mass is 10.0. The second-order valence-corrected chi connectivity index (χ2v) is 7.43. The van der Waals surface area contributed by atoms with Crippen molar-refractivity contribution in [3.05, 3.63) is 45.6 Å². The van der Waals surface area contributed by atoms with Crippen LogP contribution in [0.2, 0.25) is 0 Å². The van der Waals surface area contributed by atoms with Gasteiger partial charge in [-0.2, -0.15) is 0 Å². The lowest BCUT2D eigenvalue weighted by Gasteiger charge is -2.30. The van der Waals surface area contributed by atoms with E-state index in [4.69, 9.17) is 9.47 Å². The van der Waals surface area contributed by atoms with Crippen molar-refractivity contribution in [3.63, 3.8) is 0 Å². The van der Waals surface area contributed by atoms with Crippen LogP contribution in [0.4, 0.5) is 0 Å². The van der Waals surface area contributed by atoms with Gasteiger partial charge in [0.2, 0.25) is 0 Å². The van der Waals surface area contributed by atoms with Gasteiger partial charge in [-0.1, -0.05) is 18.9 Å². The molecule has 1 saturated heterocycles. The molecule has 0 aliphatic carbocycles. The summed E-state index contributed by atoms with van der Waals surface area (Å²) < 4.78 is 10.9. The minimum Gasteiger partial charge on any atom is -0.497 e. The van der Waals surface area contributed by atoms with Crippen molar-refractivity contribution in [2.45, 2.75) is 45.2 Å². The van der Waals surface area contributed by atoms with E-state index >= 15 is 0 Å². The van der Waals surface area contributed by atoms with E-state index in [-0.39, 0.29) is 0 Å². The Labute approximate surface area is 149 Å². The van der Waals surface area contributed by atoms with Crippen LogP contribution in [-0.2, 0) is 6.54 Å². The fourth-order valence-corrected chi connectivity index (χ4v) is 4.68. The third-order valence-electron chi connectivity index (χ3n) is 4.94. The topological polar surface area (TPSA) is 21.7 Å². The third-order valence-corrected chi connectivity index (χ3v) is 6.06. The zero-order chi connectivity index (χ0) is 16.9. The predicted octanol–water partition coefficient (Wildman–Crippen LogP) is 5.19. The first-order valence-corrected chi connectivity index (χ1v) is 9.60. The smallest absolute Gasteiger partial charge is 0.127 e. The molecule has 0 saturated carbocycles. The van der Waals surface area contributed by atoms with Gasteiger partial charge in [-0.3, -0.25) is 4.90 Å².